The molecule has 2 fully saturated rings. The van der Waals surface area contributed by atoms with Crippen LogP contribution in [-0.4, -0.2) is 73.2 Å². The minimum atomic E-state index is -3.73. The fourth-order valence-corrected chi connectivity index (χ4v) is 4.16. The lowest BCUT2D eigenvalue weighted by atomic mass is 9.83. The third-order valence-corrected chi connectivity index (χ3v) is 5.81. The van der Waals surface area contributed by atoms with Gasteiger partial charge in [0, 0.05) is 39.4 Å². The lowest BCUT2D eigenvalue weighted by Gasteiger charge is -2.48. The summed E-state index contributed by atoms with van der Waals surface area (Å²) in [5.41, 5.74) is 35.5. The van der Waals surface area contributed by atoms with Gasteiger partial charge in [-0.2, -0.15) is 0 Å². The highest BCUT2D eigenvalue weighted by Gasteiger charge is 2.59. The van der Waals surface area contributed by atoms with Crippen molar-refractivity contribution in [1.29, 1.82) is 0 Å². The van der Waals surface area contributed by atoms with Crippen LogP contribution in [0.25, 0.3) is 41.8 Å². The molecule has 20 heteroatoms. The van der Waals surface area contributed by atoms with Gasteiger partial charge in [-0.15, -0.1) is 0 Å². The maximum absolute atomic E-state index is 15.2. The van der Waals surface area contributed by atoms with E-state index in [1.54, 1.807) is 0 Å². The second-order valence-electron chi connectivity index (χ2n) is 8.10. The molecular formula is C17H22F2N12O6. The zero-order valence-corrected chi connectivity index (χ0v) is 19.7. The molecule has 1 aliphatic heterocycles. The fourth-order valence-electron chi connectivity index (χ4n) is 4.16. The van der Waals surface area contributed by atoms with Crippen molar-refractivity contribution < 1.29 is 37.3 Å². The Morgan fingerprint density at radius 1 is 0.919 bits per heavy atom. The van der Waals surface area contributed by atoms with Crippen LogP contribution in [0.15, 0.2) is 20.5 Å². The Balaban J connectivity index is 2.60. The van der Waals surface area contributed by atoms with Crippen molar-refractivity contribution in [2.75, 3.05) is 6.54 Å². The molecule has 0 amide bonds. The molecule has 2 aliphatic rings. The van der Waals surface area contributed by atoms with Crippen molar-refractivity contribution in [3.63, 3.8) is 0 Å². The lowest BCUT2D eigenvalue weighted by Crippen LogP contribution is -2.63. The number of esters is 2. The molecule has 18 nitrogen and oxygen atoms in total. The number of carbonyl (C=O) groups is 2. The van der Waals surface area contributed by atoms with Crippen LogP contribution in [0.5, 0.6) is 0 Å². The summed E-state index contributed by atoms with van der Waals surface area (Å²) in [6.07, 6.45) is -8.40. The molecule has 9 atom stereocenters. The first-order chi connectivity index (χ1) is 17.5. The molecule has 2 rings (SSSR count). The smallest absolute Gasteiger partial charge is 0.303 e. The normalized spacial score (nSPS) is 34.2. The third-order valence-electron chi connectivity index (χ3n) is 5.81. The Hall–Kier alpha value is -4.04. The van der Waals surface area contributed by atoms with E-state index in [1.807, 2.05) is 0 Å². The van der Waals surface area contributed by atoms with Crippen LogP contribution in [0, 0.1) is 5.92 Å². The van der Waals surface area contributed by atoms with E-state index < -0.39 is 79.2 Å². The Kier molecular flexibility index (Phi) is 10.1. The number of nitrogens with zero attached hydrogens (tertiary/aromatic N) is 12. The summed E-state index contributed by atoms with van der Waals surface area (Å²) in [6, 6.07) is -4.76. The summed E-state index contributed by atoms with van der Waals surface area (Å²) in [5.74, 6) is -7.10. The number of rotatable bonds is 9. The van der Waals surface area contributed by atoms with Crippen LogP contribution < -0.4 is 0 Å². The summed E-state index contributed by atoms with van der Waals surface area (Å²) in [6.45, 7) is 2.59. The second kappa shape index (κ2) is 12.8. The molecule has 1 heterocycles. The zero-order chi connectivity index (χ0) is 27.8. The monoisotopic (exact) mass is 528 g/mol. The first kappa shape index (κ1) is 29.2. The van der Waals surface area contributed by atoms with Crippen LogP contribution in [-0.2, 0) is 28.5 Å². The number of halogens is 2. The second-order valence-corrected chi connectivity index (χ2v) is 8.10. The van der Waals surface area contributed by atoms with Gasteiger partial charge < -0.3 is 18.9 Å². The van der Waals surface area contributed by atoms with Crippen LogP contribution in [0.1, 0.15) is 27.2 Å². The van der Waals surface area contributed by atoms with Gasteiger partial charge in [0.15, 0.2) is 18.4 Å². The molecule has 200 valence electrons. The molecule has 37 heavy (non-hydrogen) atoms. The average molecular weight is 528 g/mol. The van der Waals surface area contributed by atoms with Crippen molar-refractivity contribution >= 4 is 11.9 Å². The van der Waals surface area contributed by atoms with Crippen LogP contribution in [0.3, 0.4) is 0 Å². The van der Waals surface area contributed by atoms with Gasteiger partial charge in [0.05, 0.1) is 24.7 Å². The highest BCUT2D eigenvalue weighted by Crippen LogP contribution is 2.43. The van der Waals surface area contributed by atoms with E-state index in [0.717, 1.165) is 20.8 Å². The summed E-state index contributed by atoms with van der Waals surface area (Å²) in [7, 11) is 0. The van der Waals surface area contributed by atoms with Crippen molar-refractivity contribution in [2.24, 2.45) is 26.4 Å². The maximum atomic E-state index is 15.2. The highest BCUT2D eigenvalue weighted by molar-refractivity contribution is 5.67. The quantitative estimate of drug-likeness (QED) is 0.184. The Labute approximate surface area is 206 Å². The largest absolute Gasteiger partial charge is 0.458 e. The summed E-state index contributed by atoms with van der Waals surface area (Å²) < 4.78 is 52.3. The molecule has 0 radical (unpaired) electrons. The number of hydrogen-bond donors (Lipinski definition) is 0. The molecule has 1 saturated carbocycles. The molecule has 0 aromatic carbocycles. The number of alkyl halides is 2. The minimum Gasteiger partial charge on any atom is -0.458 e. The van der Waals surface area contributed by atoms with Crippen molar-refractivity contribution in [2.45, 2.75) is 81.9 Å². The van der Waals surface area contributed by atoms with Crippen molar-refractivity contribution in [3.05, 3.63) is 41.8 Å². The van der Waals surface area contributed by atoms with Gasteiger partial charge in [0.1, 0.15) is 12.2 Å². The van der Waals surface area contributed by atoms with Crippen LogP contribution in [0.2, 0.25) is 0 Å². The molecule has 0 N–H and O–H groups in total. The van der Waals surface area contributed by atoms with Gasteiger partial charge in [0.2, 0.25) is 0 Å². The van der Waals surface area contributed by atoms with E-state index >= 15 is 8.78 Å². The lowest BCUT2D eigenvalue weighted by molar-refractivity contribution is -0.308. The summed E-state index contributed by atoms with van der Waals surface area (Å²) in [4.78, 5) is 34.0. The zero-order valence-electron chi connectivity index (χ0n) is 19.7. The van der Waals surface area contributed by atoms with E-state index in [-0.39, 0.29) is 6.42 Å². The van der Waals surface area contributed by atoms with E-state index in [1.165, 1.54) is 0 Å². The predicted octanol–water partition coefficient (Wildman–Crippen LogP) is 3.98. The van der Waals surface area contributed by atoms with Crippen LogP contribution in [0.4, 0.5) is 8.78 Å². The molecule has 1 aliphatic carbocycles. The minimum absolute atomic E-state index is 0.303. The van der Waals surface area contributed by atoms with E-state index in [0.29, 0.717) is 0 Å². The number of carbonyl (C=O) groups excluding carboxylic acids is 2. The third kappa shape index (κ3) is 6.80. The van der Waals surface area contributed by atoms with E-state index in [9.17, 15) is 9.59 Å². The van der Waals surface area contributed by atoms with Crippen molar-refractivity contribution in [1.82, 2.24) is 0 Å². The number of ether oxygens (including phenoxy) is 4. The van der Waals surface area contributed by atoms with E-state index in [4.69, 9.17) is 41.1 Å². The first-order valence-electron chi connectivity index (χ1n) is 10.7. The number of hydrogen-bond acceptors (Lipinski definition) is 10. The molecule has 0 aromatic rings. The van der Waals surface area contributed by atoms with Gasteiger partial charge in [0.25, 0.3) is 5.92 Å². The summed E-state index contributed by atoms with van der Waals surface area (Å²) in [5, 5.41) is 13.5. The van der Waals surface area contributed by atoms with Gasteiger partial charge in [-0.3, -0.25) is 9.59 Å². The van der Waals surface area contributed by atoms with E-state index in [2.05, 4.69) is 40.1 Å². The maximum Gasteiger partial charge on any atom is 0.303 e. The Morgan fingerprint density at radius 3 is 1.97 bits per heavy atom. The topological polar surface area (TPSA) is 266 Å². The Morgan fingerprint density at radius 2 is 1.46 bits per heavy atom. The van der Waals surface area contributed by atoms with Crippen LogP contribution >= 0.6 is 0 Å². The number of azide groups is 4. The first-order valence-corrected chi connectivity index (χ1v) is 10.7. The molecule has 0 unspecified atom stereocenters. The summed E-state index contributed by atoms with van der Waals surface area (Å²) >= 11 is 0. The predicted molar refractivity (Wildman–Crippen MR) is 116 cm³/mol. The van der Waals surface area contributed by atoms with Gasteiger partial charge >= 0.3 is 11.9 Å². The Bertz CT molecular complexity index is 1070. The molecular weight excluding hydrogens is 506 g/mol. The molecule has 1 saturated heterocycles. The van der Waals surface area contributed by atoms with Gasteiger partial charge in [-0.25, -0.2) is 8.78 Å². The standard InChI is InChI=1S/C17H22F2N12O6/c1-6-11(5-24-28-20)36-16(15(27-31-23)17(6,18)19)37-13-10(26-30-22)4-9(25-29-21)12(34-7(2)32)14(13)35-8(3)33/h6,9-16H,4-5H2,1-3H3/t6-,9-,10+,11-,12+,13-,14-,15+,16-/m1/s1. The van der Waals surface area contributed by atoms with Gasteiger partial charge in [-0.05, 0) is 28.5 Å². The van der Waals surface area contributed by atoms with Gasteiger partial charge in [-0.1, -0.05) is 27.4 Å². The molecule has 0 spiro atoms. The fraction of sp³-hybridized carbons (Fsp3) is 0.882. The van der Waals surface area contributed by atoms with Crippen molar-refractivity contribution in [3.8, 4) is 0 Å². The highest BCUT2D eigenvalue weighted by atomic mass is 19.3. The average Bonchev–Trinajstić information content (AvgIpc) is 2.82. The molecule has 0 aromatic heterocycles. The SMILES string of the molecule is CC(=O)O[C@@H]1[C@@H](OC(C)=O)[C@H](N=[N+]=[N-])C[C@H](N=[N+]=[N-])[C@H]1O[C@H]1O[C@H](CN=[N+]=[N-])[C@@H](C)C(F)(F)[C@H]1N=[N+]=[N-]. The molecule has 0 bridgehead atoms.